The van der Waals surface area contributed by atoms with E-state index >= 15 is 0 Å². The SMILES string of the molecule is O=C(c1ccc(Br)cc1)C1C2C(=O)N(c3cccc4ccccc34)C(=O)C2C2C=Cc3ccc(Cl)cc3N21. The van der Waals surface area contributed by atoms with Crippen LogP contribution in [0.3, 0.4) is 0 Å². The van der Waals surface area contributed by atoms with Crippen LogP contribution < -0.4 is 9.80 Å². The van der Waals surface area contributed by atoms with Crippen LogP contribution in [0.5, 0.6) is 0 Å². The highest BCUT2D eigenvalue weighted by molar-refractivity contribution is 9.10. The summed E-state index contributed by atoms with van der Waals surface area (Å²) in [6, 6.07) is 24.6. The number of ketones is 1. The molecule has 4 aromatic carbocycles. The third kappa shape index (κ3) is 3.33. The fourth-order valence-corrected chi connectivity index (χ4v) is 6.69. The molecule has 0 saturated carbocycles. The number of rotatable bonds is 3. The van der Waals surface area contributed by atoms with Gasteiger partial charge in [0, 0.05) is 26.1 Å². The molecule has 3 heterocycles. The molecule has 38 heavy (non-hydrogen) atoms. The van der Waals surface area contributed by atoms with Crippen LogP contribution in [-0.4, -0.2) is 29.7 Å². The maximum Gasteiger partial charge on any atom is 0.240 e. The van der Waals surface area contributed by atoms with Gasteiger partial charge in [-0.25, -0.2) is 4.90 Å². The van der Waals surface area contributed by atoms with Crippen molar-refractivity contribution in [3.8, 4) is 0 Å². The largest absolute Gasteiger partial charge is 0.352 e. The lowest BCUT2D eigenvalue weighted by molar-refractivity contribution is -0.122. The highest BCUT2D eigenvalue weighted by Crippen LogP contribution is 2.50. The van der Waals surface area contributed by atoms with E-state index in [-0.39, 0.29) is 17.6 Å². The first-order valence-corrected chi connectivity index (χ1v) is 13.5. The van der Waals surface area contributed by atoms with Gasteiger partial charge in [-0.3, -0.25) is 14.4 Å². The predicted molar refractivity (Wildman–Crippen MR) is 152 cm³/mol. The third-order valence-electron chi connectivity index (χ3n) is 7.88. The Labute approximate surface area is 232 Å². The van der Waals surface area contributed by atoms with Gasteiger partial charge in [-0.1, -0.05) is 94.3 Å². The summed E-state index contributed by atoms with van der Waals surface area (Å²) in [5.41, 5.74) is 2.69. The number of carbonyl (C=O) groups excluding carboxylic acids is 3. The Hall–Kier alpha value is -3.74. The summed E-state index contributed by atoms with van der Waals surface area (Å²) in [6.45, 7) is 0. The molecule has 0 radical (unpaired) electrons. The van der Waals surface area contributed by atoms with Gasteiger partial charge in [-0.2, -0.15) is 0 Å². The molecule has 0 aromatic heterocycles. The van der Waals surface area contributed by atoms with E-state index in [2.05, 4.69) is 15.9 Å². The lowest BCUT2D eigenvalue weighted by atomic mass is 9.86. The van der Waals surface area contributed by atoms with Crippen molar-refractivity contribution in [3.63, 3.8) is 0 Å². The second-order valence-corrected chi connectivity index (χ2v) is 11.2. The summed E-state index contributed by atoms with van der Waals surface area (Å²) >= 11 is 9.81. The monoisotopic (exact) mass is 582 g/mol. The van der Waals surface area contributed by atoms with Gasteiger partial charge >= 0.3 is 0 Å². The van der Waals surface area contributed by atoms with Crippen molar-refractivity contribution >= 4 is 73.4 Å². The first-order valence-electron chi connectivity index (χ1n) is 12.4. The highest BCUT2D eigenvalue weighted by atomic mass is 79.9. The van der Waals surface area contributed by atoms with Gasteiger partial charge in [0.05, 0.1) is 23.6 Å². The highest BCUT2D eigenvalue weighted by Gasteiger charge is 2.64. The van der Waals surface area contributed by atoms with Gasteiger partial charge in [-0.15, -0.1) is 0 Å². The number of carbonyl (C=O) groups is 3. The summed E-state index contributed by atoms with van der Waals surface area (Å²) in [5, 5.41) is 2.29. The van der Waals surface area contributed by atoms with Crippen LogP contribution >= 0.6 is 27.5 Å². The summed E-state index contributed by atoms with van der Waals surface area (Å²) < 4.78 is 0.850. The molecule has 2 fully saturated rings. The minimum Gasteiger partial charge on any atom is -0.352 e. The molecular formula is C31H20BrClN2O3. The van der Waals surface area contributed by atoms with Gasteiger partial charge < -0.3 is 4.90 Å². The molecule has 4 aromatic rings. The van der Waals surface area contributed by atoms with E-state index in [1.165, 1.54) is 4.90 Å². The number of amides is 2. The first-order chi connectivity index (χ1) is 18.4. The van der Waals surface area contributed by atoms with Crippen LogP contribution in [0.2, 0.25) is 5.02 Å². The third-order valence-corrected chi connectivity index (χ3v) is 8.64. The first kappa shape index (κ1) is 23.4. The van der Waals surface area contributed by atoms with E-state index in [1.807, 2.05) is 77.7 Å². The normalized spacial score (nSPS) is 23.5. The number of halogens is 2. The van der Waals surface area contributed by atoms with E-state index in [1.54, 1.807) is 24.3 Å². The molecule has 7 heteroatoms. The van der Waals surface area contributed by atoms with Crippen LogP contribution in [0.4, 0.5) is 11.4 Å². The molecule has 5 nitrogen and oxygen atoms in total. The zero-order valence-corrected chi connectivity index (χ0v) is 22.3. The number of hydrogen-bond donors (Lipinski definition) is 0. The van der Waals surface area contributed by atoms with Crippen molar-refractivity contribution < 1.29 is 14.4 Å². The van der Waals surface area contributed by atoms with E-state index < -0.39 is 23.9 Å². The van der Waals surface area contributed by atoms with Crippen molar-refractivity contribution in [3.05, 3.63) is 112 Å². The summed E-state index contributed by atoms with van der Waals surface area (Å²) in [5.74, 6) is -2.37. The average molecular weight is 584 g/mol. The summed E-state index contributed by atoms with van der Waals surface area (Å²) in [4.78, 5) is 45.8. The second-order valence-electron chi connectivity index (χ2n) is 9.84. The molecule has 0 spiro atoms. The number of hydrogen-bond acceptors (Lipinski definition) is 4. The van der Waals surface area contributed by atoms with Gasteiger partial charge in [0.2, 0.25) is 11.8 Å². The van der Waals surface area contributed by atoms with Crippen LogP contribution in [0.25, 0.3) is 16.8 Å². The Balaban J connectivity index is 1.40. The summed E-state index contributed by atoms with van der Waals surface area (Å²) in [6.07, 6.45) is 3.90. The lowest BCUT2D eigenvalue weighted by Crippen LogP contribution is -2.48. The number of fused-ring (bicyclic) bond motifs is 6. The van der Waals surface area contributed by atoms with E-state index in [9.17, 15) is 14.4 Å². The van der Waals surface area contributed by atoms with Crippen molar-refractivity contribution in [2.45, 2.75) is 12.1 Å². The quantitative estimate of drug-likeness (QED) is 0.203. The minimum atomic E-state index is -0.857. The Morgan fingerprint density at radius 3 is 2.37 bits per heavy atom. The molecule has 3 aliphatic rings. The van der Waals surface area contributed by atoms with Crippen LogP contribution in [0, 0.1) is 11.8 Å². The molecule has 0 aliphatic carbocycles. The standard InChI is InChI=1S/C31H20BrClN2O3/c32-20-12-8-19(9-13-20)29(36)28-27-26(24-15-11-18-10-14-21(33)16-25(18)34(24)28)30(37)35(31(27)38)23-7-3-5-17-4-1-2-6-22(17)23/h1-16,24,26-28H. The van der Waals surface area contributed by atoms with Gasteiger partial charge in [0.1, 0.15) is 6.04 Å². The zero-order valence-electron chi connectivity index (χ0n) is 19.9. The zero-order chi connectivity index (χ0) is 26.1. The Morgan fingerprint density at radius 2 is 1.55 bits per heavy atom. The molecule has 186 valence electrons. The Morgan fingerprint density at radius 1 is 0.816 bits per heavy atom. The molecule has 7 rings (SSSR count). The van der Waals surface area contributed by atoms with Crippen molar-refractivity contribution in [1.29, 1.82) is 0 Å². The molecular weight excluding hydrogens is 564 g/mol. The number of benzene rings is 4. The second kappa shape index (κ2) is 8.65. The molecule has 4 unspecified atom stereocenters. The van der Waals surface area contributed by atoms with E-state index in [0.29, 0.717) is 16.3 Å². The topological polar surface area (TPSA) is 57.7 Å². The van der Waals surface area contributed by atoms with E-state index in [4.69, 9.17) is 11.6 Å². The molecule has 2 amide bonds. The molecule has 0 N–H and O–H groups in total. The van der Waals surface area contributed by atoms with Crippen molar-refractivity contribution in [2.75, 3.05) is 9.80 Å². The van der Waals surface area contributed by atoms with Gasteiger partial charge in [0.15, 0.2) is 5.78 Å². The number of nitrogens with zero attached hydrogens (tertiary/aromatic N) is 2. The number of imide groups is 1. The maximum absolute atomic E-state index is 14.2. The Bertz CT molecular complexity index is 1690. The number of anilines is 2. The average Bonchev–Trinajstić information content (AvgIpc) is 3.41. The maximum atomic E-state index is 14.2. The van der Waals surface area contributed by atoms with Gasteiger partial charge in [-0.05, 0) is 41.3 Å². The molecule has 0 bridgehead atoms. The fraction of sp³-hybridized carbons (Fsp3) is 0.129. The Kier molecular flexibility index (Phi) is 5.32. The van der Waals surface area contributed by atoms with Crippen LogP contribution in [0.15, 0.2) is 95.5 Å². The lowest BCUT2D eigenvalue weighted by Gasteiger charge is -2.36. The smallest absolute Gasteiger partial charge is 0.240 e. The number of Topliss-reactive ketones (excluding diaryl/α,β-unsaturated/α-hetero) is 1. The fourth-order valence-electron chi connectivity index (χ4n) is 6.26. The van der Waals surface area contributed by atoms with Crippen LogP contribution in [0.1, 0.15) is 15.9 Å². The van der Waals surface area contributed by atoms with Crippen LogP contribution in [-0.2, 0) is 9.59 Å². The minimum absolute atomic E-state index is 0.197. The van der Waals surface area contributed by atoms with Crippen molar-refractivity contribution in [2.24, 2.45) is 11.8 Å². The van der Waals surface area contributed by atoms with E-state index in [0.717, 1.165) is 26.5 Å². The van der Waals surface area contributed by atoms with Gasteiger partial charge in [0.25, 0.3) is 0 Å². The van der Waals surface area contributed by atoms with Crippen molar-refractivity contribution in [1.82, 2.24) is 0 Å². The molecule has 4 atom stereocenters. The summed E-state index contributed by atoms with van der Waals surface area (Å²) in [7, 11) is 0. The molecule has 2 saturated heterocycles. The predicted octanol–water partition coefficient (Wildman–Crippen LogP) is 6.53. The molecule has 3 aliphatic heterocycles.